The zero-order valence-corrected chi connectivity index (χ0v) is 7.55. The third kappa shape index (κ3) is 3.21. The summed E-state index contributed by atoms with van der Waals surface area (Å²) in [6.45, 7) is 5.87. The van der Waals surface area contributed by atoms with E-state index in [1.54, 1.807) is 0 Å². The van der Waals surface area contributed by atoms with Gasteiger partial charge in [0.1, 0.15) is 0 Å². The van der Waals surface area contributed by atoms with Crippen molar-refractivity contribution in [3.63, 3.8) is 0 Å². The van der Waals surface area contributed by atoms with Crippen LogP contribution in [-0.4, -0.2) is 30.6 Å². The lowest BCUT2D eigenvalue weighted by atomic mass is 10.2. The Hall–Kier alpha value is -0.0800. The van der Waals surface area contributed by atoms with Gasteiger partial charge in [-0.2, -0.15) is 0 Å². The molecule has 2 nitrogen and oxygen atoms in total. The van der Waals surface area contributed by atoms with E-state index in [2.05, 4.69) is 11.8 Å². The summed E-state index contributed by atoms with van der Waals surface area (Å²) in [5, 5.41) is 0. The molecule has 0 aromatic carbocycles. The van der Waals surface area contributed by atoms with Gasteiger partial charge in [0.15, 0.2) is 0 Å². The Balaban J connectivity index is 1.99. The fourth-order valence-corrected chi connectivity index (χ4v) is 1.65. The monoisotopic (exact) mass is 156 g/mol. The number of hydrogen-bond acceptors (Lipinski definition) is 2. The van der Waals surface area contributed by atoms with Crippen LogP contribution in [-0.2, 0) is 0 Å². The predicted octanol–water partition coefficient (Wildman–Crippen LogP) is 1.21. The average Bonchev–Trinajstić information content (AvgIpc) is 2.37. The van der Waals surface area contributed by atoms with E-state index in [0.29, 0.717) is 6.04 Å². The van der Waals surface area contributed by atoms with Crippen LogP contribution in [0.1, 0.15) is 32.6 Å². The molecule has 0 saturated carbocycles. The van der Waals surface area contributed by atoms with Gasteiger partial charge in [-0.05, 0) is 25.9 Å². The lowest BCUT2D eigenvalue weighted by Crippen LogP contribution is -2.27. The molecular formula is C9H20N2. The number of unbranched alkanes of at least 4 members (excludes halogenated alkanes) is 2. The average molecular weight is 156 g/mol. The van der Waals surface area contributed by atoms with Crippen molar-refractivity contribution in [3.8, 4) is 0 Å². The van der Waals surface area contributed by atoms with E-state index < -0.39 is 0 Å². The van der Waals surface area contributed by atoms with Gasteiger partial charge in [-0.25, -0.2) is 0 Å². The van der Waals surface area contributed by atoms with E-state index >= 15 is 0 Å². The summed E-state index contributed by atoms with van der Waals surface area (Å²) >= 11 is 0. The highest BCUT2D eigenvalue weighted by atomic mass is 15.2. The van der Waals surface area contributed by atoms with Crippen molar-refractivity contribution in [2.75, 3.05) is 19.6 Å². The van der Waals surface area contributed by atoms with Crippen LogP contribution in [0.4, 0.5) is 0 Å². The Morgan fingerprint density at radius 2 is 2.27 bits per heavy atom. The molecule has 66 valence electrons. The van der Waals surface area contributed by atoms with Crippen molar-refractivity contribution < 1.29 is 0 Å². The van der Waals surface area contributed by atoms with E-state index in [1.807, 2.05) is 0 Å². The molecule has 2 N–H and O–H groups in total. The Labute approximate surface area is 69.8 Å². The molecule has 1 atom stereocenters. The maximum Gasteiger partial charge on any atom is 0.0180 e. The molecule has 0 aromatic rings. The first-order valence-corrected chi connectivity index (χ1v) is 4.81. The molecule has 1 aliphatic heterocycles. The summed E-state index contributed by atoms with van der Waals surface area (Å²) in [5.41, 5.74) is 5.79. The van der Waals surface area contributed by atoms with Crippen molar-refractivity contribution in [1.29, 1.82) is 0 Å². The normalized spacial score (nSPS) is 26.2. The molecule has 2 heteroatoms. The topological polar surface area (TPSA) is 29.3 Å². The van der Waals surface area contributed by atoms with Crippen molar-refractivity contribution >= 4 is 0 Å². The van der Waals surface area contributed by atoms with Gasteiger partial charge in [0, 0.05) is 12.6 Å². The molecule has 0 bridgehead atoms. The number of likely N-dealkylation sites (tertiary alicyclic amines) is 1. The third-order valence-corrected chi connectivity index (χ3v) is 2.39. The van der Waals surface area contributed by atoms with Crippen molar-refractivity contribution in [2.45, 2.75) is 38.6 Å². The minimum atomic E-state index is 0.455. The molecule has 0 aliphatic carbocycles. The first-order valence-electron chi connectivity index (χ1n) is 4.81. The molecule has 0 amide bonds. The largest absolute Gasteiger partial charge is 0.326 e. The Morgan fingerprint density at radius 3 is 2.82 bits per heavy atom. The van der Waals surface area contributed by atoms with Crippen LogP contribution < -0.4 is 5.73 Å². The zero-order chi connectivity index (χ0) is 8.10. The van der Waals surface area contributed by atoms with Crippen LogP contribution in [0.3, 0.4) is 0 Å². The highest BCUT2D eigenvalue weighted by Crippen LogP contribution is 2.08. The smallest absolute Gasteiger partial charge is 0.0180 e. The SMILES string of the molecule is CCCCCN1CCC(N)C1. The third-order valence-electron chi connectivity index (χ3n) is 2.39. The minimum absolute atomic E-state index is 0.455. The molecule has 1 unspecified atom stereocenters. The summed E-state index contributed by atoms with van der Waals surface area (Å²) in [6, 6.07) is 0.455. The number of nitrogens with zero attached hydrogens (tertiary/aromatic N) is 1. The van der Waals surface area contributed by atoms with Crippen LogP contribution in [0.25, 0.3) is 0 Å². The highest BCUT2D eigenvalue weighted by molar-refractivity contribution is 4.77. The van der Waals surface area contributed by atoms with Gasteiger partial charge in [0.25, 0.3) is 0 Å². The zero-order valence-electron chi connectivity index (χ0n) is 7.55. The van der Waals surface area contributed by atoms with Crippen LogP contribution in [0.5, 0.6) is 0 Å². The van der Waals surface area contributed by atoms with Crippen molar-refractivity contribution in [3.05, 3.63) is 0 Å². The fourth-order valence-electron chi connectivity index (χ4n) is 1.65. The van der Waals surface area contributed by atoms with Gasteiger partial charge in [0.05, 0.1) is 0 Å². The van der Waals surface area contributed by atoms with Crippen molar-refractivity contribution in [1.82, 2.24) is 4.90 Å². The van der Waals surface area contributed by atoms with E-state index in [-0.39, 0.29) is 0 Å². The lowest BCUT2D eigenvalue weighted by Gasteiger charge is -2.13. The van der Waals surface area contributed by atoms with Gasteiger partial charge >= 0.3 is 0 Å². The summed E-state index contributed by atoms with van der Waals surface area (Å²) in [7, 11) is 0. The molecule has 1 saturated heterocycles. The van der Waals surface area contributed by atoms with E-state index in [1.165, 1.54) is 38.8 Å². The van der Waals surface area contributed by atoms with Gasteiger partial charge in [-0.15, -0.1) is 0 Å². The summed E-state index contributed by atoms with van der Waals surface area (Å²) < 4.78 is 0. The number of nitrogens with two attached hydrogens (primary N) is 1. The van der Waals surface area contributed by atoms with E-state index in [0.717, 1.165) is 6.54 Å². The molecule has 1 rings (SSSR count). The number of hydrogen-bond donors (Lipinski definition) is 1. The summed E-state index contributed by atoms with van der Waals surface area (Å²) in [5.74, 6) is 0. The molecule has 1 fully saturated rings. The van der Waals surface area contributed by atoms with Crippen LogP contribution in [0.2, 0.25) is 0 Å². The van der Waals surface area contributed by atoms with E-state index in [4.69, 9.17) is 5.73 Å². The second kappa shape index (κ2) is 4.73. The standard InChI is InChI=1S/C9H20N2/c1-2-3-4-6-11-7-5-9(10)8-11/h9H,2-8,10H2,1H3. The fraction of sp³-hybridized carbons (Fsp3) is 1.00. The predicted molar refractivity (Wildman–Crippen MR) is 48.6 cm³/mol. The van der Waals surface area contributed by atoms with Gasteiger partial charge in [-0.3, -0.25) is 0 Å². The van der Waals surface area contributed by atoms with Crippen LogP contribution in [0, 0.1) is 0 Å². The Morgan fingerprint density at radius 1 is 1.45 bits per heavy atom. The molecule has 1 aliphatic rings. The number of rotatable bonds is 4. The Kier molecular flexibility index (Phi) is 3.87. The summed E-state index contributed by atoms with van der Waals surface area (Å²) in [4.78, 5) is 2.49. The molecule has 0 aromatic heterocycles. The van der Waals surface area contributed by atoms with Crippen molar-refractivity contribution in [2.24, 2.45) is 5.73 Å². The van der Waals surface area contributed by atoms with E-state index in [9.17, 15) is 0 Å². The van der Waals surface area contributed by atoms with Gasteiger partial charge in [0.2, 0.25) is 0 Å². The minimum Gasteiger partial charge on any atom is -0.326 e. The Bertz CT molecular complexity index is 104. The molecule has 0 spiro atoms. The highest BCUT2D eigenvalue weighted by Gasteiger charge is 2.17. The quantitative estimate of drug-likeness (QED) is 0.620. The van der Waals surface area contributed by atoms with Gasteiger partial charge in [-0.1, -0.05) is 19.8 Å². The molecular weight excluding hydrogens is 136 g/mol. The molecule has 1 heterocycles. The van der Waals surface area contributed by atoms with Crippen LogP contribution in [0.15, 0.2) is 0 Å². The molecule has 0 radical (unpaired) electrons. The van der Waals surface area contributed by atoms with Gasteiger partial charge < -0.3 is 10.6 Å². The lowest BCUT2D eigenvalue weighted by molar-refractivity contribution is 0.325. The summed E-state index contributed by atoms with van der Waals surface area (Å²) in [6.07, 6.45) is 5.24. The maximum absolute atomic E-state index is 5.79. The first-order chi connectivity index (χ1) is 5.33. The maximum atomic E-state index is 5.79. The second-order valence-corrected chi connectivity index (χ2v) is 3.56. The second-order valence-electron chi connectivity index (χ2n) is 3.56. The van der Waals surface area contributed by atoms with Crippen LogP contribution >= 0.6 is 0 Å². The molecule has 11 heavy (non-hydrogen) atoms. The first kappa shape index (κ1) is 9.01.